The summed E-state index contributed by atoms with van der Waals surface area (Å²) in [5.74, 6) is 0. The van der Waals surface area contributed by atoms with Gasteiger partial charge in [0.15, 0.2) is 0 Å². The summed E-state index contributed by atoms with van der Waals surface area (Å²) in [6.45, 7) is 3.31. The van der Waals surface area contributed by atoms with Gasteiger partial charge in [0.25, 0.3) is 10.0 Å². The van der Waals surface area contributed by atoms with Crippen LogP contribution in [0.4, 0.5) is 0 Å². The fourth-order valence-corrected chi connectivity index (χ4v) is 5.40. The van der Waals surface area contributed by atoms with Gasteiger partial charge in [0, 0.05) is 5.56 Å². The number of benzene rings is 1. The molecule has 1 N–H and O–H groups in total. The Morgan fingerprint density at radius 1 is 1.17 bits per heavy atom. The van der Waals surface area contributed by atoms with E-state index >= 15 is 0 Å². The van der Waals surface area contributed by atoms with Crippen LogP contribution in [0, 0.1) is 11.3 Å². The summed E-state index contributed by atoms with van der Waals surface area (Å²) in [6.07, 6.45) is 0. The van der Waals surface area contributed by atoms with Gasteiger partial charge in [-0.1, -0.05) is 24.3 Å². The van der Waals surface area contributed by atoms with E-state index in [2.05, 4.69) is 6.07 Å². The molecule has 0 atom stereocenters. The molecule has 1 aliphatic heterocycles. The Hall–Kier alpha value is -1.72. The van der Waals surface area contributed by atoms with Gasteiger partial charge in [0.05, 0.1) is 37.8 Å². The van der Waals surface area contributed by atoms with Gasteiger partial charge < -0.3 is 4.90 Å². The van der Waals surface area contributed by atoms with E-state index in [1.165, 1.54) is 16.2 Å². The zero-order valence-corrected chi connectivity index (χ0v) is 14.2. The van der Waals surface area contributed by atoms with Crippen molar-refractivity contribution in [1.29, 1.82) is 5.26 Å². The molecule has 0 aliphatic carbocycles. The van der Waals surface area contributed by atoms with E-state index in [0.29, 0.717) is 22.9 Å². The molecule has 0 saturated carbocycles. The number of piperazine rings is 1. The van der Waals surface area contributed by atoms with Crippen LogP contribution in [0.25, 0.3) is 0 Å². The molecule has 7 heteroatoms. The van der Waals surface area contributed by atoms with E-state index < -0.39 is 10.0 Å². The van der Waals surface area contributed by atoms with Gasteiger partial charge in [-0.3, -0.25) is 0 Å². The van der Waals surface area contributed by atoms with Gasteiger partial charge in [-0.05, 0) is 17.5 Å². The summed E-state index contributed by atoms with van der Waals surface area (Å²) in [7, 11) is -3.34. The Balaban J connectivity index is 1.64. The molecule has 1 aromatic carbocycles. The number of nitriles is 1. The molecule has 3 rings (SSSR count). The quantitative estimate of drug-likeness (QED) is 0.885. The fraction of sp³-hybridized carbons (Fsp3) is 0.312. The van der Waals surface area contributed by atoms with E-state index in [9.17, 15) is 8.42 Å². The zero-order chi connectivity index (χ0) is 16.3. The van der Waals surface area contributed by atoms with Gasteiger partial charge in [0.1, 0.15) is 10.8 Å². The Morgan fingerprint density at radius 2 is 1.91 bits per heavy atom. The zero-order valence-electron chi connectivity index (χ0n) is 12.6. The molecular weight excluding hydrogens is 330 g/mol. The number of nitrogens with zero attached hydrogens (tertiary/aromatic N) is 2. The van der Waals surface area contributed by atoms with Crippen molar-refractivity contribution in [2.45, 2.75) is 10.8 Å². The minimum absolute atomic E-state index is 0.413. The predicted molar refractivity (Wildman–Crippen MR) is 88.6 cm³/mol. The van der Waals surface area contributed by atoms with Crippen molar-refractivity contribution in [3.8, 4) is 6.07 Å². The largest absolute Gasteiger partial charge is 0.329 e. The second-order valence-corrected chi connectivity index (χ2v) is 8.64. The van der Waals surface area contributed by atoms with Crippen LogP contribution in [-0.2, 0) is 16.6 Å². The molecule has 0 unspecified atom stereocenters. The topological polar surface area (TPSA) is 65.6 Å². The first-order valence-corrected chi connectivity index (χ1v) is 9.78. The van der Waals surface area contributed by atoms with Gasteiger partial charge in [-0.25, -0.2) is 8.42 Å². The van der Waals surface area contributed by atoms with Crippen LogP contribution in [0.2, 0.25) is 0 Å². The third-order valence-electron chi connectivity index (χ3n) is 4.10. The summed E-state index contributed by atoms with van der Waals surface area (Å²) >= 11 is 1.26. The molecule has 1 saturated heterocycles. The van der Waals surface area contributed by atoms with Crippen LogP contribution in [-0.4, -0.2) is 38.9 Å². The Bertz CT molecular complexity index is 802. The Labute approximate surface area is 140 Å². The summed E-state index contributed by atoms with van der Waals surface area (Å²) in [5, 5.41) is 10.9. The maximum Gasteiger partial charge on any atom is 0.252 e. The van der Waals surface area contributed by atoms with Crippen molar-refractivity contribution >= 4 is 21.4 Å². The van der Waals surface area contributed by atoms with Crippen molar-refractivity contribution in [1.82, 2.24) is 4.31 Å². The molecule has 0 radical (unpaired) electrons. The highest BCUT2D eigenvalue weighted by Gasteiger charge is 2.31. The van der Waals surface area contributed by atoms with Gasteiger partial charge in [0.2, 0.25) is 0 Å². The second-order valence-electron chi connectivity index (χ2n) is 5.53. The van der Waals surface area contributed by atoms with Crippen LogP contribution in [0.15, 0.2) is 46.0 Å². The van der Waals surface area contributed by atoms with Crippen LogP contribution in [0.1, 0.15) is 11.1 Å². The average molecular weight is 348 g/mol. The molecule has 23 heavy (non-hydrogen) atoms. The van der Waals surface area contributed by atoms with Crippen LogP contribution in [0.3, 0.4) is 0 Å². The summed E-state index contributed by atoms with van der Waals surface area (Å²) in [5.41, 5.74) is 1.73. The lowest BCUT2D eigenvalue weighted by atomic mass is 10.1. The molecule has 5 nitrogen and oxygen atoms in total. The number of hydrogen-bond acceptors (Lipinski definition) is 4. The first kappa shape index (κ1) is 16.1. The highest BCUT2D eigenvalue weighted by Crippen LogP contribution is 2.20. The monoisotopic (exact) mass is 348 g/mol. The van der Waals surface area contributed by atoms with Crippen molar-refractivity contribution in [2.24, 2.45) is 0 Å². The first-order valence-electron chi connectivity index (χ1n) is 7.46. The van der Waals surface area contributed by atoms with E-state index in [-0.39, 0.29) is 0 Å². The van der Waals surface area contributed by atoms with Crippen molar-refractivity contribution in [3.05, 3.63) is 52.9 Å². The minimum Gasteiger partial charge on any atom is -0.329 e. The maximum atomic E-state index is 12.5. The van der Waals surface area contributed by atoms with Crippen molar-refractivity contribution < 1.29 is 13.3 Å². The highest BCUT2D eigenvalue weighted by molar-refractivity contribution is 7.91. The smallest absolute Gasteiger partial charge is 0.252 e. The molecule has 1 aliphatic rings. The molecule has 2 heterocycles. The van der Waals surface area contributed by atoms with Crippen molar-refractivity contribution in [2.75, 3.05) is 26.2 Å². The third kappa shape index (κ3) is 3.46. The molecule has 0 spiro atoms. The Morgan fingerprint density at radius 3 is 2.57 bits per heavy atom. The molecule has 0 bridgehead atoms. The van der Waals surface area contributed by atoms with Crippen LogP contribution < -0.4 is 4.90 Å². The maximum absolute atomic E-state index is 12.5. The number of quaternary nitrogens is 1. The predicted octanol–water partition coefficient (Wildman–Crippen LogP) is 0.709. The van der Waals surface area contributed by atoms with E-state index in [0.717, 1.165) is 25.2 Å². The highest BCUT2D eigenvalue weighted by atomic mass is 32.2. The van der Waals surface area contributed by atoms with Crippen molar-refractivity contribution in [3.63, 3.8) is 0 Å². The number of hydrogen-bond donors (Lipinski definition) is 1. The van der Waals surface area contributed by atoms with Gasteiger partial charge >= 0.3 is 0 Å². The summed E-state index contributed by atoms with van der Waals surface area (Å²) in [4.78, 5) is 1.31. The lowest BCUT2D eigenvalue weighted by molar-refractivity contribution is -0.917. The summed E-state index contributed by atoms with van der Waals surface area (Å²) in [6, 6.07) is 13.2. The lowest BCUT2D eigenvalue weighted by Crippen LogP contribution is -3.13. The van der Waals surface area contributed by atoms with Crippen LogP contribution >= 0.6 is 11.3 Å². The van der Waals surface area contributed by atoms with E-state index in [4.69, 9.17) is 5.26 Å². The molecule has 2 aromatic rings. The molecule has 0 amide bonds. The number of sulfonamides is 1. The third-order valence-corrected chi connectivity index (χ3v) is 7.37. The van der Waals surface area contributed by atoms with E-state index in [1.54, 1.807) is 21.8 Å². The molecule has 120 valence electrons. The molecule has 1 aromatic heterocycles. The molecule has 1 fully saturated rings. The fourth-order valence-electron chi connectivity index (χ4n) is 2.81. The number of rotatable bonds is 4. The lowest BCUT2D eigenvalue weighted by Gasteiger charge is -2.31. The average Bonchev–Trinajstić information content (AvgIpc) is 3.11. The van der Waals surface area contributed by atoms with Gasteiger partial charge in [-0.15, -0.1) is 11.3 Å². The Kier molecular flexibility index (Phi) is 4.78. The van der Waals surface area contributed by atoms with Crippen LogP contribution in [0.5, 0.6) is 0 Å². The molecular formula is C16H18N3O2S2+. The van der Waals surface area contributed by atoms with Gasteiger partial charge in [-0.2, -0.15) is 9.57 Å². The standard InChI is InChI=1S/C16H17N3O2S2/c17-12-14-4-1-2-5-15(14)13-18-7-9-19(10-8-18)23(20,21)16-6-3-11-22-16/h1-6,11H,7-10,13H2/p+1. The SMILES string of the molecule is N#Cc1ccccc1C[NH+]1CCN(S(=O)(=O)c2cccs2)CC1. The minimum atomic E-state index is -3.34. The van der Waals surface area contributed by atoms with E-state index in [1.807, 2.05) is 24.3 Å². The second kappa shape index (κ2) is 6.81. The number of nitrogens with one attached hydrogen (secondary N) is 1. The normalized spacial score (nSPS) is 17.0. The number of thiophene rings is 1. The first-order chi connectivity index (χ1) is 11.1. The summed E-state index contributed by atoms with van der Waals surface area (Å²) < 4.78 is 27.0.